The van der Waals surface area contributed by atoms with Crippen molar-refractivity contribution in [3.63, 3.8) is 0 Å². The Kier molecular flexibility index (Phi) is 6.49. The van der Waals surface area contributed by atoms with Gasteiger partial charge in [0.2, 0.25) is 5.95 Å². The number of carbonyl (C=O) groups is 2. The van der Waals surface area contributed by atoms with Gasteiger partial charge in [0.05, 0.1) is 22.2 Å². The first-order valence-corrected chi connectivity index (χ1v) is 10.5. The van der Waals surface area contributed by atoms with Crippen molar-refractivity contribution in [3.05, 3.63) is 80.6 Å². The molecule has 11 nitrogen and oxygen atoms in total. The number of carbonyl (C=O) groups excluding carboxylic acids is 2. The number of nitrogens with one attached hydrogen (secondary N) is 4. The van der Waals surface area contributed by atoms with Gasteiger partial charge in [0, 0.05) is 26.0 Å². The maximum atomic E-state index is 13.7. The van der Waals surface area contributed by atoms with Crippen molar-refractivity contribution in [2.75, 3.05) is 24.7 Å². The van der Waals surface area contributed by atoms with Crippen molar-refractivity contribution in [3.8, 4) is 0 Å². The third-order valence-electron chi connectivity index (χ3n) is 5.11. The molecule has 0 bridgehead atoms. The number of rotatable bonds is 6. The van der Waals surface area contributed by atoms with E-state index in [0.29, 0.717) is 6.20 Å². The second-order valence-electron chi connectivity index (χ2n) is 7.95. The molecule has 0 aliphatic heterocycles. The van der Waals surface area contributed by atoms with Crippen LogP contribution in [-0.2, 0) is 11.0 Å². The number of anilines is 4. The number of hydrogen-bond acceptors (Lipinski definition) is 8. The van der Waals surface area contributed by atoms with Gasteiger partial charge in [-0.3, -0.25) is 19.4 Å². The lowest BCUT2D eigenvalue weighted by atomic mass is 10.1. The molecular formula is C23H18F3N7O4. The molecule has 2 heterocycles. The van der Waals surface area contributed by atoms with Crippen molar-refractivity contribution in [1.29, 1.82) is 0 Å². The minimum atomic E-state index is -4.85. The predicted octanol–water partition coefficient (Wildman–Crippen LogP) is 2.78. The summed E-state index contributed by atoms with van der Waals surface area (Å²) in [5.41, 5.74) is -2.28. The van der Waals surface area contributed by atoms with E-state index in [1.54, 1.807) is 0 Å². The fraction of sp³-hybridized carbons (Fsp3) is 0.130. The number of H-pyrrole nitrogens is 2. The average Bonchev–Trinajstić information content (AvgIpc) is 2.83. The van der Waals surface area contributed by atoms with Crippen LogP contribution < -0.4 is 21.9 Å². The molecule has 14 heteroatoms. The average molecular weight is 513 g/mol. The fourth-order valence-electron chi connectivity index (χ4n) is 3.35. The Labute approximate surface area is 205 Å². The van der Waals surface area contributed by atoms with Gasteiger partial charge in [0.15, 0.2) is 0 Å². The van der Waals surface area contributed by atoms with Crippen molar-refractivity contribution >= 4 is 45.7 Å². The maximum absolute atomic E-state index is 13.7. The molecule has 4 rings (SSSR count). The molecular weight excluding hydrogens is 495 g/mol. The second-order valence-corrected chi connectivity index (χ2v) is 7.95. The van der Waals surface area contributed by atoms with Crippen LogP contribution in [0.25, 0.3) is 10.9 Å². The first-order valence-electron chi connectivity index (χ1n) is 10.5. The smallest absolute Gasteiger partial charge is 0.342 e. The number of aromatic amines is 2. The molecule has 2 aromatic heterocycles. The molecule has 0 unspecified atom stereocenters. The van der Waals surface area contributed by atoms with Crippen LogP contribution in [-0.4, -0.2) is 50.6 Å². The number of alkyl halides is 3. The maximum Gasteiger partial charge on any atom is 0.421 e. The van der Waals surface area contributed by atoms with Gasteiger partial charge in [0.1, 0.15) is 11.4 Å². The highest BCUT2D eigenvalue weighted by molar-refractivity contribution is 6.43. The normalized spacial score (nSPS) is 11.3. The number of aromatic nitrogens is 4. The van der Waals surface area contributed by atoms with Crippen LogP contribution in [0.4, 0.5) is 36.3 Å². The molecule has 0 radical (unpaired) electrons. The standard InChI is InChI=1S/C23H18F3N7O4/c1-33(2)20(36)17(34)12-5-3-4-6-15(12)29-18-14(23(24,25)26)10-27-21(31-18)28-11-7-8-16-13(9-11)19(35)32-22(37)30-16/h3-10H,1-2H3,(H2,27,28,29,31)(H2,30,32,35,37). The number of hydrogen-bond donors (Lipinski definition) is 4. The van der Waals surface area contributed by atoms with E-state index in [2.05, 4.69) is 30.6 Å². The molecule has 4 N–H and O–H groups in total. The number of nitrogens with zero attached hydrogens (tertiary/aromatic N) is 3. The SMILES string of the molecule is CN(C)C(=O)C(=O)c1ccccc1Nc1nc(Nc2ccc3[nH]c(=O)[nH]c(=O)c3c2)ncc1C(F)(F)F. The molecule has 0 saturated heterocycles. The van der Waals surface area contributed by atoms with E-state index in [9.17, 15) is 32.3 Å². The first kappa shape index (κ1) is 25.1. The number of ketones is 1. The summed E-state index contributed by atoms with van der Waals surface area (Å²) in [6, 6.07) is 9.84. The molecule has 0 fully saturated rings. The van der Waals surface area contributed by atoms with Crippen LogP contribution >= 0.6 is 0 Å². The van der Waals surface area contributed by atoms with Crippen LogP contribution in [0.2, 0.25) is 0 Å². The van der Waals surface area contributed by atoms with Crippen LogP contribution in [0.1, 0.15) is 15.9 Å². The number of para-hydroxylation sites is 1. The largest absolute Gasteiger partial charge is 0.421 e. The summed E-state index contributed by atoms with van der Waals surface area (Å²) in [5, 5.41) is 5.33. The van der Waals surface area contributed by atoms with Gasteiger partial charge < -0.3 is 20.5 Å². The van der Waals surface area contributed by atoms with Gasteiger partial charge in [-0.05, 0) is 30.3 Å². The van der Waals surface area contributed by atoms with E-state index in [1.165, 1.54) is 56.6 Å². The molecule has 2 aromatic carbocycles. The summed E-state index contributed by atoms with van der Waals surface area (Å²) >= 11 is 0. The zero-order valence-electron chi connectivity index (χ0n) is 19.2. The number of likely N-dealkylation sites (N-methyl/N-ethyl adjacent to an activating group) is 1. The van der Waals surface area contributed by atoms with Crippen molar-refractivity contribution in [2.45, 2.75) is 6.18 Å². The monoisotopic (exact) mass is 513 g/mol. The summed E-state index contributed by atoms with van der Waals surface area (Å²) in [5.74, 6) is -2.72. The van der Waals surface area contributed by atoms with Gasteiger partial charge in [-0.1, -0.05) is 12.1 Å². The van der Waals surface area contributed by atoms with Crippen LogP contribution in [0, 0.1) is 0 Å². The van der Waals surface area contributed by atoms with Crippen molar-refractivity contribution in [1.82, 2.24) is 24.8 Å². The minimum Gasteiger partial charge on any atom is -0.342 e. The summed E-state index contributed by atoms with van der Waals surface area (Å²) in [6.07, 6.45) is -4.29. The van der Waals surface area contributed by atoms with Gasteiger partial charge in [-0.2, -0.15) is 18.2 Å². The molecule has 0 spiro atoms. The number of fused-ring (bicyclic) bond motifs is 1. The van der Waals surface area contributed by atoms with Crippen LogP contribution in [0.15, 0.2) is 58.3 Å². The highest BCUT2D eigenvalue weighted by atomic mass is 19.4. The number of benzene rings is 2. The zero-order valence-corrected chi connectivity index (χ0v) is 19.2. The Hall–Kier alpha value is -5.01. The highest BCUT2D eigenvalue weighted by Gasteiger charge is 2.36. The van der Waals surface area contributed by atoms with Crippen LogP contribution in [0.5, 0.6) is 0 Å². The lowest BCUT2D eigenvalue weighted by molar-refractivity contribution is -0.137. The van der Waals surface area contributed by atoms with Crippen molar-refractivity contribution in [2.24, 2.45) is 0 Å². The Morgan fingerprint density at radius 1 is 1.00 bits per heavy atom. The van der Waals surface area contributed by atoms with E-state index < -0.39 is 40.5 Å². The number of halogens is 3. The van der Waals surface area contributed by atoms with Gasteiger partial charge >= 0.3 is 11.9 Å². The van der Waals surface area contributed by atoms with E-state index >= 15 is 0 Å². The zero-order chi connectivity index (χ0) is 26.9. The molecule has 0 aliphatic carbocycles. The Morgan fingerprint density at radius 3 is 2.43 bits per heavy atom. The molecule has 0 aliphatic rings. The molecule has 4 aromatic rings. The van der Waals surface area contributed by atoms with Gasteiger partial charge in [-0.15, -0.1) is 0 Å². The first-order chi connectivity index (χ1) is 17.4. The molecule has 1 amide bonds. The van der Waals surface area contributed by atoms with Crippen molar-refractivity contribution < 1.29 is 22.8 Å². The summed E-state index contributed by atoms with van der Waals surface area (Å²) in [4.78, 5) is 61.5. The quantitative estimate of drug-likeness (QED) is 0.227. The van der Waals surface area contributed by atoms with E-state index in [4.69, 9.17) is 0 Å². The Morgan fingerprint density at radius 2 is 1.73 bits per heavy atom. The topological polar surface area (TPSA) is 153 Å². The molecule has 0 atom stereocenters. The lowest BCUT2D eigenvalue weighted by Crippen LogP contribution is -2.30. The number of Topliss-reactive ketones (excluding diaryl/α,β-unsaturated/α-hetero) is 1. The molecule has 0 saturated carbocycles. The van der Waals surface area contributed by atoms with Gasteiger partial charge in [0.25, 0.3) is 17.2 Å². The molecule has 190 valence electrons. The lowest BCUT2D eigenvalue weighted by Gasteiger charge is -2.17. The molecule has 37 heavy (non-hydrogen) atoms. The minimum absolute atomic E-state index is 0.0703. The third-order valence-corrected chi connectivity index (χ3v) is 5.11. The predicted molar refractivity (Wildman–Crippen MR) is 128 cm³/mol. The summed E-state index contributed by atoms with van der Waals surface area (Å²) in [7, 11) is 2.75. The van der Waals surface area contributed by atoms with Crippen LogP contribution in [0.3, 0.4) is 0 Å². The summed E-state index contributed by atoms with van der Waals surface area (Å²) in [6.45, 7) is 0. The number of amides is 1. The highest BCUT2D eigenvalue weighted by Crippen LogP contribution is 2.36. The van der Waals surface area contributed by atoms with E-state index in [0.717, 1.165) is 4.90 Å². The van der Waals surface area contributed by atoms with E-state index in [1.807, 2.05) is 0 Å². The summed E-state index contributed by atoms with van der Waals surface area (Å²) < 4.78 is 41.2. The van der Waals surface area contributed by atoms with Gasteiger partial charge in [-0.25, -0.2) is 9.78 Å². The fourth-order valence-corrected chi connectivity index (χ4v) is 3.35. The Bertz CT molecular complexity index is 1640. The van der Waals surface area contributed by atoms with E-state index in [-0.39, 0.29) is 33.8 Å². The second kappa shape index (κ2) is 9.56. The third kappa shape index (κ3) is 5.32. The Balaban J connectivity index is 1.73.